The molecule has 0 unspecified atom stereocenters. The lowest BCUT2D eigenvalue weighted by Gasteiger charge is -1.96. The van der Waals surface area contributed by atoms with Gasteiger partial charge in [0.05, 0.1) is 11.0 Å². The van der Waals surface area contributed by atoms with Crippen LogP contribution in [0.2, 0.25) is 0 Å². The Labute approximate surface area is 132 Å². The van der Waals surface area contributed by atoms with Crippen molar-refractivity contribution in [1.82, 2.24) is 15.0 Å². The summed E-state index contributed by atoms with van der Waals surface area (Å²) in [7, 11) is 0. The summed E-state index contributed by atoms with van der Waals surface area (Å²) in [5.41, 5.74) is 3.90. The van der Waals surface area contributed by atoms with Gasteiger partial charge in [-0.15, -0.1) is 0 Å². The summed E-state index contributed by atoms with van der Waals surface area (Å²) in [5, 5.41) is 0.971. The average Bonchev–Trinajstić information content (AvgIpc) is 3.14. The first-order valence-electron chi connectivity index (χ1n) is 7.30. The Kier molecular flexibility index (Phi) is 3.56. The van der Waals surface area contributed by atoms with E-state index in [2.05, 4.69) is 15.0 Å². The molecule has 0 aliphatic rings. The molecule has 110 valence electrons. The molecule has 0 fully saturated rings. The molecule has 0 radical (unpaired) electrons. The molecule has 1 N–H and O–H groups in total. The van der Waals surface area contributed by atoms with Gasteiger partial charge < -0.3 is 9.40 Å². The summed E-state index contributed by atoms with van der Waals surface area (Å²) in [4.78, 5) is 12.4. The third-order valence-electron chi connectivity index (χ3n) is 3.48. The third-order valence-corrected chi connectivity index (χ3v) is 4.44. The largest absolute Gasteiger partial charge is 0.441 e. The number of nitrogens with one attached hydrogen (secondary N) is 1. The Bertz CT molecular complexity index is 770. The number of hydrogen-bond acceptors (Lipinski definition) is 4. The van der Waals surface area contributed by atoms with Crippen LogP contribution in [0.25, 0.3) is 22.1 Å². The first-order chi connectivity index (χ1) is 10.9. The predicted molar refractivity (Wildman–Crippen MR) is 89.1 cm³/mol. The van der Waals surface area contributed by atoms with Crippen LogP contribution < -0.4 is 0 Å². The lowest BCUT2D eigenvalue weighted by Crippen LogP contribution is -1.88. The highest BCUT2D eigenvalue weighted by atomic mass is 32.2. The number of fused-ring (bicyclic) bond motifs is 2. The normalized spacial score (nSPS) is 11.5. The molecule has 0 amide bonds. The van der Waals surface area contributed by atoms with E-state index in [1.54, 1.807) is 11.8 Å². The molecule has 22 heavy (non-hydrogen) atoms. The van der Waals surface area contributed by atoms with E-state index in [1.807, 2.05) is 48.5 Å². The van der Waals surface area contributed by atoms with Gasteiger partial charge >= 0.3 is 0 Å². The minimum Gasteiger partial charge on any atom is -0.441 e. The van der Waals surface area contributed by atoms with Crippen molar-refractivity contribution < 1.29 is 4.42 Å². The SMILES string of the molecule is c1ccc2[nH]c(SCCCc3nc4ccccc4o3)nc2c1. The van der Waals surface area contributed by atoms with E-state index < -0.39 is 0 Å². The molecule has 2 heterocycles. The molecule has 0 bridgehead atoms. The van der Waals surface area contributed by atoms with E-state index in [0.29, 0.717) is 0 Å². The molecule has 0 saturated carbocycles. The van der Waals surface area contributed by atoms with Gasteiger partial charge in [0.2, 0.25) is 0 Å². The topological polar surface area (TPSA) is 54.7 Å². The number of aromatic nitrogens is 3. The molecule has 4 aromatic rings. The first kappa shape index (κ1) is 13.4. The Hall–Kier alpha value is -2.27. The highest BCUT2D eigenvalue weighted by Gasteiger charge is 2.06. The Balaban J connectivity index is 1.35. The number of aromatic amines is 1. The van der Waals surface area contributed by atoms with Crippen LogP contribution in [0.1, 0.15) is 12.3 Å². The van der Waals surface area contributed by atoms with Crippen molar-refractivity contribution in [2.24, 2.45) is 0 Å². The second kappa shape index (κ2) is 5.85. The second-order valence-electron chi connectivity index (χ2n) is 5.09. The van der Waals surface area contributed by atoms with Crippen molar-refractivity contribution in [3.63, 3.8) is 0 Å². The molecule has 0 aliphatic carbocycles. The number of H-pyrrole nitrogens is 1. The minimum atomic E-state index is 0.811. The minimum absolute atomic E-state index is 0.811. The average molecular weight is 309 g/mol. The maximum absolute atomic E-state index is 5.72. The van der Waals surface area contributed by atoms with Crippen LogP contribution in [0.3, 0.4) is 0 Å². The van der Waals surface area contributed by atoms with E-state index in [9.17, 15) is 0 Å². The van der Waals surface area contributed by atoms with Crippen molar-refractivity contribution in [2.45, 2.75) is 18.0 Å². The van der Waals surface area contributed by atoms with Crippen molar-refractivity contribution in [3.8, 4) is 0 Å². The Morgan fingerprint density at radius 1 is 0.955 bits per heavy atom. The summed E-state index contributed by atoms with van der Waals surface area (Å²) < 4.78 is 5.72. The molecule has 2 aromatic carbocycles. The number of thioether (sulfide) groups is 1. The zero-order valence-electron chi connectivity index (χ0n) is 12.0. The molecule has 0 aliphatic heterocycles. The lowest BCUT2D eigenvalue weighted by molar-refractivity contribution is 0.526. The number of hydrogen-bond donors (Lipinski definition) is 1. The first-order valence-corrected chi connectivity index (χ1v) is 8.29. The van der Waals surface area contributed by atoms with Crippen molar-refractivity contribution in [1.29, 1.82) is 0 Å². The number of aryl methyl sites for hydroxylation is 1. The van der Waals surface area contributed by atoms with Crippen LogP contribution >= 0.6 is 11.8 Å². The van der Waals surface area contributed by atoms with E-state index >= 15 is 0 Å². The molecular weight excluding hydrogens is 294 g/mol. The highest BCUT2D eigenvalue weighted by Crippen LogP contribution is 2.21. The van der Waals surface area contributed by atoms with Gasteiger partial charge in [-0.25, -0.2) is 9.97 Å². The van der Waals surface area contributed by atoms with Crippen LogP contribution in [0, 0.1) is 0 Å². The van der Waals surface area contributed by atoms with E-state index in [0.717, 1.165) is 51.8 Å². The number of nitrogens with zero attached hydrogens (tertiary/aromatic N) is 2. The quantitative estimate of drug-likeness (QED) is 0.438. The van der Waals surface area contributed by atoms with E-state index in [-0.39, 0.29) is 0 Å². The zero-order chi connectivity index (χ0) is 14.8. The summed E-state index contributed by atoms with van der Waals surface area (Å²) in [6, 6.07) is 16.0. The van der Waals surface area contributed by atoms with Gasteiger partial charge in [0.25, 0.3) is 0 Å². The molecule has 5 heteroatoms. The third kappa shape index (κ3) is 2.72. The van der Waals surface area contributed by atoms with Crippen LogP contribution in [0.15, 0.2) is 58.1 Å². The molecule has 2 aromatic heterocycles. The molecular formula is C17H15N3OS. The summed E-state index contributed by atoms with van der Waals surface area (Å²) in [6.07, 6.45) is 1.86. The number of oxazole rings is 1. The maximum Gasteiger partial charge on any atom is 0.195 e. The van der Waals surface area contributed by atoms with Gasteiger partial charge in [-0.05, 0) is 30.7 Å². The molecule has 0 spiro atoms. The van der Waals surface area contributed by atoms with Crippen LogP contribution in [0.5, 0.6) is 0 Å². The summed E-state index contributed by atoms with van der Waals surface area (Å²) in [5.74, 6) is 1.80. The highest BCUT2D eigenvalue weighted by molar-refractivity contribution is 7.99. The van der Waals surface area contributed by atoms with Crippen molar-refractivity contribution >= 4 is 33.9 Å². The van der Waals surface area contributed by atoms with Gasteiger partial charge in [0.1, 0.15) is 5.52 Å². The molecule has 0 atom stereocenters. The van der Waals surface area contributed by atoms with Gasteiger partial charge in [0, 0.05) is 12.2 Å². The molecule has 0 saturated heterocycles. The number of imidazole rings is 1. The number of rotatable bonds is 5. The monoisotopic (exact) mass is 309 g/mol. The van der Waals surface area contributed by atoms with Gasteiger partial charge in [-0.3, -0.25) is 0 Å². The fourth-order valence-electron chi connectivity index (χ4n) is 2.42. The number of para-hydroxylation sites is 4. The maximum atomic E-state index is 5.72. The zero-order valence-corrected chi connectivity index (χ0v) is 12.8. The van der Waals surface area contributed by atoms with Gasteiger partial charge in [0.15, 0.2) is 16.6 Å². The molecule has 4 nitrogen and oxygen atoms in total. The van der Waals surface area contributed by atoms with E-state index in [4.69, 9.17) is 4.42 Å². The summed E-state index contributed by atoms with van der Waals surface area (Å²) >= 11 is 1.74. The predicted octanol–water partition coefficient (Wildman–Crippen LogP) is 4.43. The van der Waals surface area contributed by atoms with E-state index in [1.165, 1.54) is 0 Å². The van der Waals surface area contributed by atoms with Crippen molar-refractivity contribution in [2.75, 3.05) is 5.75 Å². The van der Waals surface area contributed by atoms with Crippen molar-refractivity contribution in [3.05, 3.63) is 54.4 Å². The second-order valence-corrected chi connectivity index (χ2v) is 6.17. The Morgan fingerprint density at radius 3 is 2.64 bits per heavy atom. The lowest BCUT2D eigenvalue weighted by atomic mass is 10.3. The standard InChI is InChI=1S/C17H15N3OS/c1-2-7-13-12(6-1)19-17(20-13)22-11-5-10-16-18-14-8-3-4-9-15(14)21-16/h1-4,6-9H,5,10-11H2,(H,19,20). The van der Waals surface area contributed by atoms with Crippen LogP contribution in [-0.4, -0.2) is 20.7 Å². The van der Waals surface area contributed by atoms with Gasteiger partial charge in [-0.2, -0.15) is 0 Å². The fraction of sp³-hybridized carbons (Fsp3) is 0.176. The molecule has 4 rings (SSSR count). The van der Waals surface area contributed by atoms with Crippen LogP contribution in [-0.2, 0) is 6.42 Å². The van der Waals surface area contributed by atoms with Crippen LogP contribution in [0.4, 0.5) is 0 Å². The fourth-order valence-corrected chi connectivity index (χ4v) is 3.24. The number of benzene rings is 2. The van der Waals surface area contributed by atoms with Gasteiger partial charge in [-0.1, -0.05) is 36.0 Å². The summed E-state index contributed by atoms with van der Waals surface area (Å²) in [6.45, 7) is 0. The smallest absolute Gasteiger partial charge is 0.195 e. The Morgan fingerprint density at radius 2 is 1.77 bits per heavy atom.